The van der Waals surface area contributed by atoms with Crippen LogP contribution in [-0.2, 0) is 21.8 Å². The fourth-order valence-corrected chi connectivity index (χ4v) is 13.0. The van der Waals surface area contributed by atoms with Gasteiger partial charge >= 0.3 is 152 Å². The van der Waals surface area contributed by atoms with Gasteiger partial charge in [0, 0.05) is 0 Å². The maximum absolute atomic E-state index is 2.43. The van der Waals surface area contributed by atoms with Crippen molar-refractivity contribution >= 4 is 0 Å². The number of halogens is 2. The van der Waals surface area contributed by atoms with Crippen LogP contribution in [0.15, 0.2) is 91.5 Å². The molecule has 2 aromatic carbocycles. The average molecular weight is 458 g/mol. The van der Waals surface area contributed by atoms with Gasteiger partial charge in [0.15, 0.2) is 0 Å². The van der Waals surface area contributed by atoms with E-state index < -0.39 is 21.8 Å². The Balaban J connectivity index is 0.000000980. The number of allylic oxidation sites excluding steroid dienone is 8. The molecule has 0 fully saturated rings. The topological polar surface area (TPSA) is 0 Å². The van der Waals surface area contributed by atoms with Crippen molar-refractivity contribution in [2.24, 2.45) is 0 Å². The van der Waals surface area contributed by atoms with E-state index in [1.807, 2.05) is 0 Å². The average Bonchev–Trinajstić information content (AvgIpc) is 3.37. The molecule has 129 valence electrons. The monoisotopic (exact) mass is 455 g/mol. The molecule has 0 saturated carbocycles. The maximum atomic E-state index is 2.43. The first-order valence-electron chi connectivity index (χ1n) is 8.71. The van der Waals surface area contributed by atoms with Crippen LogP contribution in [0.5, 0.6) is 0 Å². The quantitative estimate of drug-likeness (QED) is 0.612. The predicted molar refractivity (Wildman–Crippen MR) is 97.4 cm³/mol. The van der Waals surface area contributed by atoms with Crippen molar-refractivity contribution in [3.63, 3.8) is 0 Å². The van der Waals surface area contributed by atoms with Gasteiger partial charge in [0.25, 0.3) is 0 Å². The second-order valence-corrected chi connectivity index (χ2v) is 13.3. The molecule has 5 rings (SSSR count). The van der Waals surface area contributed by atoms with Crippen LogP contribution < -0.4 is 24.8 Å². The smallest absolute Gasteiger partial charge is 1.00 e. The van der Waals surface area contributed by atoms with Crippen molar-refractivity contribution in [1.82, 2.24) is 0 Å². The number of hydrogen-bond acceptors (Lipinski definition) is 0. The van der Waals surface area contributed by atoms with Crippen molar-refractivity contribution < 1.29 is 46.6 Å². The summed E-state index contributed by atoms with van der Waals surface area (Å²) in [6.07, 6.45) is 16.4. The summed E-state index contributed by atoms with van der Waals surface area (Å²) in [6.45, 7) is 0. The van der Waals surface area contributed by atoms with Crippen LogP contribution >= 0.6 is 0 Å². The Labute approximate surface area is 175 Å². The molecule has 0 amide bonds. The van der Waals surface area contributed by atoms with Gasteiger partial charge < -0.3 is 24.8 Å². The van der Waals surface area contributed by atoms with Crippen LogP contribution in [0.2, 0.25) is 0 Å². The molecule has 0 atom stereocenters. The number of rotatable bonds is 3. The van der Waals surface area contributed by atoms with Gasteiger partial charge in [-0.05, 0) is 0 Å². The van der Waals surface area contributed by atoms with Crippen LogP contribution in [0.25, 0.3) is 11.1 Å². The molecule has 0 N–H and O–H groups in total. The molecule has 0 radical (unpaired) electrons. The van der Waals surface area contributed by atoms with Gasteiger partial charge in [-0.25, -0.2) is 0 Å². The molecule has 0 aliphatic heterocycles. The van der Waals surface area contributed by atoms with Crippen molar-refractivity contribution in [2.45, 2.75) is 16.5 Å². The van der Waals surface area contributed by atoms with Gasteiger partial charge in [-0.15, -0.1) is 0 Å². The van der Waals surface area contributed by atoms with Crippen LogP contribution in [0.4, 0.5) is 0 Å². The molecule has 2 aromatic rings. The van der Waals surface area contributed by atoms with Crippen LogP contribution in [0.1, 0.15) is 27.6 Å². The Morgan fingerprint density at radius 1 is 0.654 bits per heavy atom. The van der Waals surface area contributed by atoms with E-state index in [0.717, 1.165) is 0 Å². The summed E-state index contributed by atoms with van der Waals surface area (Å²) in [7, 11) is 0. The van der Waals surface area contributed by atoms with Gasteiger partial charge in [0.1, 0.15) is 0 Å². The Morgan fingerprint density at radius 2 is 1.12 bits per heavy atom. The molecular formula is C23H19Cl2Zr. The number of benzene rings is 2. The molecule has 0 unspecified atom stereocenters. The first kappa shape index (κ1) is 19.6. The summed E-state index contributed by atoms with van der Waals surface area (Å²) >= 11 is -1.99. The third-order valence-electron chi connectivity index (χ3n) is 5.36. The molecular weight excluding hydrogens is 438 g/mol. The summed E-state index contributed by atoms with van der Waals surface area (Å²) in [5.41, 5.74) is 6.09. The minimum Gasteiger partial charge on any atom is -1.00 e. The summed E-state index contributed by atoms with van der Waals surface area (Å²) in [4.78, 5) is 0. The van der Waals surface area contributed by atoms with Gasteiger partial charge in [0.05, 0.1) is 0 Å². The molecule has 0 nitrogen and oxygen atoms in total. The van der Waals surface area contributed by atoms with Crippen molar-refractivity contribution in [1.29, 1.82) is 0 Å². The molecule has 0 aromatic heterocycles. The van der Waals surface area contributed by atoms with E-state index in [9.17, 15) is 0 Å². The minimum absolute atomic E-state index is 0. The maximum Gasteiger partial charge on any atom is -1.00 e. The van der Waals surface area contributed by atoms with E-state index in [2.05, 4.69) is 85.0 Å². The molecule has 3 aliphatic carbocycles. The molecule has 0 saturated heterocycles. The number of hydrogen-bond donors (Lipinski definition) is 0. The van der Waals surface area contributed by atoms with Crippen molar-refractivity contribution in [3.05, 3.63) is 103 Å². The Kier molecular flexibility index (Phi) is 6.23. The van der Waals surface area contributed by atoms with Gasteiger partial charge in [-0.1, -0.05) is 0 Å². The predicted octanol–water partition coefficient (Wildman–Crippen LogP) is 0.0702. The largest absolute Gasteiger partial charge is 1.00 e. The third-order valence-corrected chi connectivity index (χ3v) is 13.5. The second-order valence-electron chi connectivity index (χ2n) is 6.67. The van der Waals surface area contributed by atoms with Crippen LogP contribution in [0.3, 0.4) is 0 Å². The van der Waals surface area contributed by atoms with Crippen molar-refractivity contribution in [2.75, 3.05) is 0 Å². The van der Waals surface area contributed by atoms with Crippen molar-refractivity contribution in [3.8, 4) is 11.1 Å². The third kappa shape index (κ3) is 3.15. The van der Waals surface area contributed by atoms with E-state index >= 15 is 0 Å². The zero-order valence-corrected chi connectivity index (χ0v) is 18.3. The van der Waals surface area contributed by atoms with Crippen LogP contribution in [0, 0.1) is 0 Å². The van der Waals surface area contributed by atoms with E-state index in [0.29, 0.717) is 3.63 Å². The Bertz CT molecular complexity index is 861. The molecule has 0 bridgehead atoms. The standard InChI is InChI=1S/C13H9.2C5H5.2ClH.Zr/c1-3-7-12-10(5-1)9-11-6-2-4-8-13(11)12;2*1-2-4-5-3-1;;;/h1-9H;2*1-3H,4H2;2*1H;/q;;;;;+2/p-2. The van der Waals surface area contributed by atoms with E-state index in [-0.39, 0.29) is 24.8 Å². The molecule has 0 heterocycles. The molecule has 3 heteroatoms. The van der Waals surface area contributed by atoms with Gasteiger partial charge in [-0.3, -0.25) is 0 Å². The van der Waals surface area contributed by atoms with Crippen LogP contribution in [-0.4, -0.2) is 0 Å². The van der Waals surface area contributed by atoms with Gasteiger partial charge in [0.2, 0.25) is 0 Å². The first-order valence-corrected chi connectivity index (χ1v) is 12.6. The fourth-order valence-electron chi connectivity index (χ4n) is 4.34. The van der Waals surface area contributed by atoms with E-state index in [1.54, 1.807) is 17.7 Å². The molecule has 0 spiro atoms. The first-order chi connectivity index (χ1) is 11.9. The fraction of sp³-hybridized carbons (Fsp3) is 0.130. The second kappa shape index (κ2) is 8.26. The zero-order valence-electron chi connectivity index (χ0n) is 14.3. The zero-order chi connectivity index (χ0) is 15.9. The summed E-state index contributed by atoms with van der Waals surface area (Å²) < 4.78 is 4.14. The summed E-state index contributed by atoms with van der Waals surface area (Å²) in [5, 5.41) is 0. The summed E-state index contributed by atoms with van der Waals surface area (Å²) in [5.74, 6) is 0. The van der Waals surface area contributed by atoms with E-state index in [4.69, 9.17) is 0 Å². The van der Waals surface area contributed by atoms with E-state index in [1.165, 1.54) is 24.0 Å². The Morgan fingerprint density at radius 3 is 1.54 bits per heavy atom. The summed E-state index contributed by atoms with van der Waals surface area (Å²) in [6, 6.07) is 18.2. The number of fused-ring (bicyclic) bond motifs is 3. The van der Waals surface area contributed by atoms with Gasteiger partial charge in [-0.2, -0.15) is 0 Å². The SMILES string of the molecule is C1=CC[C]([Zr+2]([C]2=CC=CC2)[CH]2c3ccccc3-c3ccccc32)=C1.[Cl-].[Cl-]. The molecule has 26 heavy (non-hydrogen) atoms. The minimum atomic E-state index is -1.99. The molecule has 3 aliphatic rings. The Hall–Kier alpha value is -1.14. The normalized spacial score (nSPS) is 16.3.